The minimum absolute atomic E-state index is 0.0388. The average Bonchev–Trinajstić information content (AvgIpc) is 2.42. The van der Waals surface area contributed by atoms with Crippen molar-refractivity contribution in [2.75, 3.05) is 17.6 Å². The lowest BCUT2D eigenvalue weighted by Crippen LogP contribution is -2.18. The SMILES string of the molecule is NC(=S)c1ccc(NCCCS(N)(=O)=O)c2ccccc12. The molecular formula is C14H17N3O2S2. The molecule has 5 N–H and O–H groups in total. The molecule has 0 aromatic heterocycles. The van der Waals surface area contributed by atoms with Crippen LogP contribution in [0.4, 0.5) is 5.69 Å². The molecule has 0 fully saturated rings. The summed E-state index contributed by atoms with van der Waals surface area (Å²) in [5.41, 5.74) is 7.48. The van der Waals surface area contributed by atoms with Gasteiger partial charge in [0.2, 0.25) is 10.0 Å². The van der Waals surface area contributed by atoms with Gasteiger partial charge in [0, 0.05) is 23.2 Å². The van der Waals surface area contributed by atoms with E-state index < -0.39 is 10.0 Å². The second-order valence-corrected chi connectivity index (χ2v) is 6.89. The molecule has 112 valence electrons. The van der Waals surface area contributed by atoms with Crippen molar-refractivity contribution in [3.8, 4) is 0 Å². The molecular weight excluding hydrogens is 306 g/mol. The first-order valence-corrected chi connectivity index (χ1v) is 8.57. The third-order valence-corrected chi connectivity index (χ3v) is 4.19. The van der Waals surface area contributed by atoms with Crippen molar-refractivity contribution < 1.29 is 8.42 Å². The smallest absolute Gasteiger partial charge is 0.209 e. The van der Waals surface area contributed by atoms with Crippen LogP contribution in [0.15, 0.2) is 36.4 Å². The Morgan fingerprint density at radius 2 is 1.81 bits per heavy atom. The zero-order valence-electron chi connectivity index (χ0n) is 11.4. The molecule has 0 saturated carbocycles. The van der Waals surface area contributed by atoms with Gasteiger partial charge in [0.05, 0.1) is 5.75 Å². The van der Waals surface area contributed by atoms with Gasteiger partial charge < -0.3 is 11.1 Å². The maximum absolute atomic E-state index is 10.9. The molecule has 0 saturated heterocycles. The number of hydrogen-bond donors (Lipinski definition) is 3. The highest BCUT2D eigenvalue weighted by Crippen LogP contribution is 2.26. The first kappa shape index (κ1) is 15.7. The standard InChI is InChI=1S/C14H17N3O2S2/c15-14(20)12-6-7-13(11-5-2-1-4-10(11)12)17-8-3-9-21(16,18)19/h1-2,4-7,17H,3,8-9H2,(H2,15,20)(H2,16,18,19). The van der Waals surface area contributed by atoms with Crippen molar-refractivity contribution in [1.29, 1.82) is 0 Å². The molecule has 0 atom stereocenters. The number of primary sulfonamides is 1. The van der Waals surface area contributed by atoms with Crippen LogP contribution in [0.5, 0.6) is 0 Å². The number of anilines is 1. The lowest BCUT2D eigenvalue weighted by atomic mass is 10.0. The van der Waals surface area contributed by atoms with E-state index in [1.54, 1.807) is 0 Å². The Kier molecular flexibility index (Phi) is 4.76. The molecule has 0 aliphatic carbocycles. The summed E-state index contributed by atoms with van der Waals surface area (Å²) >= 11 is 5.06. The Morgan fingerprint density at radius 3 is 2.43 bits per heavy atom. The van der Waals surface area contributed by atoms with E-state index in [1.165, 1.54) is 0 Å². The fourth-order valence-corrected chi connectivity index (χ4v) is 2.89. The van der Waals surface area contributed by atoms with Gasteiger partial charge >= 0.3 is 0 Å². The number of rotatable bonds is 6. The minimum Gasteiger partial charge on any atom is -0.389 e. The molecule has 0 unspecified atom stereocenters. The van der Waals surface area contributed by atoms with Crippen LogP contribution >= 0.6 is 12.2 Å². The van der Waals surface area contributed by atoms with Crippen LogP contribution in [-0.4, -0.2) is 25.7 Å². The number of fused-ring (bicyclic) bond motifs is 1. The molecule has 0 amide bonds. The van der Waals surface area contributed by atoms with E-state index in [0.717, 1.165) is 22.0 Å². The van der Waals surface area contributed by atoms with Crippen molar-refractivity contribution in [3.05, 3.63) is 42.0 Å². The second kappa shape index (κ2) is 6.38. The predicted octanol–water partition coefficient (Wildman–Crippen LogP) is 1.56. The van der Waals surface area contributed by atoms with Crippen molar-refractivity contribution in [2.24, 2.45) is 10.9 Å². The van der Waals surface area contributed by atoms with Crippen LogP contribution in [-0.2, 0) is 10.0 Å². The molecule has 0 bridgehead atoms. The van der Waals surface area contributed by atoms with E-state index in [0.29, 0.717) is 18.0 Å². The summed E-state index contributed by atoms with van der Waals surface area (Å²) in [5, 5.41) is 10.2. The number of sulfonamides is 1. The summed E-state index contributed by atoms with van der Waals surface area (Å²) in [6, 6.07) is 11.6. The van der Waals surface area contributed by atoms with Gasteiger partial charge in [-0.1, -0.05) is 36.5 Å². The van der Waals surface area contributed by atoms with Crippen molar-refractivity contribution in [3.63, 3.8) is 0 Å². The number of nitrogens with one attached hydrogen (secondary N) is 1. The third kappa shape index (κ3) is 4.13. The lowest BCUT2D eigenvalue weighted by Gasteiger charge is -2.12. The first-order chi connectivity index (χ1) is 9.88. The Morgan fingerprint density at radius 1 is 1.14 bits per heavy atom. The molecule has 2 rings (SSSR count). The highest BCUT2D eigenvalue weighted by Gasteiger charge is 2.07. The third-order valence-electron chi connectivity index (χ3n) is 3.11. The maximum Gasteiger partial charge on any atom is 0.209 e. The van der Waals surface area contributed by atoms with Gasteiger partial charge in [0.1, 0.15) is 4.99 Å². The highest BCUT2D eigenvalue weighted by molar-refractivity contribution is 7.89. The molecule has 21 heavy (non-hydrogen) atoms. The minimum atomic E-state index is -3.41. The first-order valence-electron chi connectivity index (χ1n) is 6.44. The van der Waals surface area contributed by atoms with Crippen molar-refractivity contribution >= 4 is 43.7 Å². The second-order valence-electron chi connectivity index (χ2n) is 4.72. The normalized spacial score (nSPS) is 11.5. The number of benzene rings is 2. The summed E-state index contributed by atoms with van der Waals surface area (Å²) in [6.45, 7) is 0.521. The molecule has 7 heteroatoms. The van der Waals surface area contributed by atoms with Gasteiger partial charge in [0.15, 0.2) is 0 Å². The van der Waals surface area contributed by atoms with Crippen molar-refractivity contribution in [2.45, 2.75) is 6.42 Å². The zero-order valence-corrected chi connectivity index (χ0v) is 13.0. The monoisotopic (exact) mass is 323 g/mol. The van der Waals surface area contributed by atoms with Gasteiger partial charge in [-0.3, -0.25) is 0 Å². The molecule has 0 heterocycles. The van der Waals surface area contributed by atoms with Gasteiger partial charge in [-0.2, -0.15) is 0 Å². The maximum atomic E-state index is 10.9. The number of nitrogens with two attached hydrogens (primary N) is 2. The quantitative estimate of drug-likeness (QED) is 0.553. The Bertz CT molecular complexity index is 773. The molecule has 2 aromatic rings. The van der Waals surface area contributed by atoms with Crippen LogP contribution in [0.3, 0.4) is 0 Å². The van der Waals surface area contributed by atoms with Crippen LogP contribution in [0, 0.1) is 0 Å². The molecule has 0 aliphatic heterocycles. The predicted molar refractivity (Wildman–Crippen MR) is 90.9 cm³/mol. The van der Waals surface area contributed by atoms with Crippen LogP contribution in [0.25, 0.3) is 10.8 Å². The summed E-state index contributed by atoms with van der Waals surface area (Å²) in [5.74, 6) is -0.0388. The number of hydrogen-bond acceptors (Lipinski definition) is 4. The zero-order chi connectivity index (χ0) is 15.5. The molecule has 0 radical (unpaired) electrons. The van der Waals surface area contributed by atoms with Crippen molar-refractivity contribution in [1.82, 2.24) is 0 Å². The van der Waals surface area contributed by atoms with E-state index in [2.05, 4.69) is 5.32 Å². The highest BCUT2D eigenvalue weighted by atomic mass is 32.2. The summed E-state index contributed by atoms with van der Waals surface area (Å²) in [6.07, 6.45) is 0.449. The van der Waals surface area contributed by atoms with E-state index >= 15 is 0 Å². The largest absolute Gasteiger partial charge is 0.389 e. The Hall–Kier alpha value is -1.70. The van der Waals surface area contributed by atoms with Gasteiger partial charge in [-0.05, 0) is 23.9 Å². The molecule has 2 aromatic carbocycles. The fraction of sp³-hybridized carbons (Fsp3) is 0.214. The average molecular weight is 323 g/mol. The topological polar surface area (TPSA) is 98.2 Å². The van der Waals surface area contributed by atoms with Crippen LogP contribution in [0.1, 0.15) is 12.0 Å². The van der Waals surface area contributed by atoms with E-state index in [-0.39, 0.29) is 5.75 Å². The fourth-order valence-electron chi connectivity index (χ4n) is 2.16. The summed E-state index contributed by atoms with van der Waals surface area (Å²) in [4.78, 5) is 0.354. The van der Waals surface area contributed by atoms with E-state index in [9.17, 15) is 8.42 Å². The van der Waals surface area contributed by atoms with Gasteiger partial charge in [-0.15, -0.1) is 0 Å². The Balaban J connectivity index is 2.22. The lowest BCUT2D eigenvalue weighted by molar-refractivity contribution is 0.596. The van der Waals surface area contributed by atoms with Gasteiger partial charge in [-0.25, -0.2) is 13.6 Å². The summed E-state index contributed by atoms with van der Waals surface area (Å²) < 4.78 is 21.8. The molecule has 0 aliphatic rings. The van der Waals surface area contributed by atoms with Gasteiger partial charge in [0.25, 0.3) is 0 Å². The summed E-state index contributed by atoms with van der Waals surface area (Å²) in [7, 11) is -3.41. The van der Waals surface area contributed by atoms with Crippen LogP contribution in [0.2, 0.25) is 0 Å². The van der Waals surface area contributed by atoms with E-state index in [1.807, 2.05) is 36.4 Å². The molecule has 5 nitrogen and oxygen atoms in total. The van der Waals surface area contributed by atoms with Crippen LogP contribution < -0.4 is 16.2 Å². The molecule has 0 spiro atoms. The van der Waals surface area contributed by atoms with E-state index in [4.69, 9.17) is 23.1 Å². The number of thiocarbonyl (C=S) groups is 1. The Labute approximate surface area is 129 Å².